The van der Waals surface area contributed by atoms with Gasteiger partial charge in [-0.25, -0.2) is 4.79 Å². The molecule has 0 aliphatic rings. The number of carbonyl (C=O) groups is 1. The molecule has 0 heterocycles. The summed E-state index contributed by atoms with van der Waals surface area (Å²) in [6.45, 7) is 6.36. The number of esters is 1. The Morgan fingerprint density at radius 3 is 2.22 bits per heavy atom. The molecular weight excluding hydrogens is 406 g/mol. The third-order valence-corrected chi connectivity index (χ3v) is 4.82. The number of hydrogen-bond acceptors (Lipinski definition) is 6. The number of phenolic OH excluding ortho intramolecular Hbond substituents is 1. The Morgan fingerprint density at radius 2 is 1.59 bits per heavy atom. The Kier molecular flexibility index (Phi) is 10.9. The van der Waals surface area contributed by atoms with Crippen LogP contribution in [0.3, 0.4) is 0 Å². The first-order valence-electron chi connectivity index (χ1n) is 11.0. The zero-order valence-corrected chi connectivity index (χ0v) is 19.0. The van der Waals surface area contributed by atoms with Crippen LogP contribution >= 0.6 is 0 Å². The fourth-order valence-corrected chi connectivity index (χ4v) is 2.92. The Labute approximate surface area is 190 Å². The smallest absolute Gasteiger partial charge is 0.333 e. The number of nitrogens with zero attached hydrogens (tertiary/aromatic N) is 1. The third-order valence-electron chi connectivity index (χ3n) is 4.82. The van der Waals surface area contributed by atoms with Crippen LogP contribution in [-0.2, 0) is 9.53 Å². The summed E-state index contributed by atoms with van der Waals surface area (Å²) in [5.74, 6) is 1.23. The number of ether oxygens (including phenoxy) is 3. The summed E-state index contributed by atoms with van der Waals surface area (Å²) < 4.78 is 15.9. The first-order valence-corrected chi connectivity index (χ1v) is 11.0. The fourth-order valence-electron chi connectivity index (χ4n) is 2.92. The first kappa shape index (κ1) is 25.0. The molecule has 6 heteroatoms. The van der Waals surface area contributed by atoms with Gasteiger partial charge in [-0.1, -0.05) is 32.3 Å². The highest BCUT2D eigenvalue weighted by Crippen LogP contribution is 2.23. The number of aromatic hydroxyl groups is 1. The molecule has 2 aromatic carbocycles. The van der Waals surface area contributed by atoms with E-state index < -0.39 is 0 Å². The lowest BCUT2D eigenvalue weighted by atomic mass is 10.1. The summed E-state index contributed by atoms with van der Waals surface area (Å²) in [6.07, 6.45) is 7.95. The zero-order valence-electron chi connectivity index (χ0n) is 19.0. The van der Waals surface area contributed by atoms with Crippen LogP contribution < -0.4 is 9.47 Å². The second-order valence-electron chi connectivity index (χ2n) is 7.56. The van der Waals surface area contributed by atoms with E-state index >= 15 is 0 Å². The third kappa shape index (κ3) is 9.25. The van der Waals surface area contributed by atoms with Crippen molar-refractivity contribution in [2.24, 2.45) is 4.99 Å². The second kappa shape index (κ2) is 13.9. The minimum Gasteiger partial charge on any atom is -0.507 e. The average molecular weight is 440 g/mol. The summed E-state index contributed by atoms with van der Waals surface area (Å²) in [5.41, 5.74) is 1.85. The van der Waals surface area contributed by atoms with Gasteiger partial charge in [-0.15, -0.1) is 0 Å². The van der Waals surface area contributed by atoms with Crippen LogP contribution in [0, 0.1) is 0 Å². The van der Waals surface area contributed by atoms with Crippen molar-refractivity contribution in [1.29, 1.82) is 0 Å². The van der Waals surface area contributed by atoms with Crippen LogP contribution in [0.25, 0.3) is 0 Å². The van der Waals surface area contributed by atoms with Gasteiger partial charge in [0.1, 0.15) is 17.2 Å². The van der Waals surface area contributed by atoms with Crippen molar-refractivity contribution in [1.82, 2.24) is 0 Å². The van der Waals surface area contributed by atoms with Crippen molar-refractivity contribution < 1.29 is 24.1 Å². The van der Waals surface area contributed by atoms with Crippen molar-refractivity contribution in [2.45, 2.75) is 45.4 Å². The Hall–Kier alpha value is -3.28. The molecule has 172 valence electrons. The van der Waals surface area contributed by atoms with E-state index in [1.165, 1.54) is 0 Å². The summed E-state index contributed by atoms with van der Waals surface area (Å²) in [5, 5.41) is 9.98. The fraction of sp³-hybridized carbons (Fsp3) is 0.385. The van der Waals surface area contributed by atoms with Crippen LogP contribution in [0.1, 0.15) is 51.0 Å². The molecule has 0 unspecified atom stereocenters. The minimum atomic E-state index is -0.307. The highest BCUT2D eigenvalue weighted by molar-refractivity contribution is 5.87. The molecule has 0 spiro atoms. The molecule has 2 rings (SSSR count). The quantitative estimate of drug-likeness (QED) is 0.169. The monoisotopic (exact) mass is 439 g/mol. The molecule has 0 aliphatic carbocycles. The second-order valence-corrected chi connectivity index (χ2v) is 7.56. The van der Waals surface area contributed by atoms with Crippen molar-refractivity contribution in [3.8, 4) is 17.2 Å². The Bertz CT molecular complexity index is 890. The Morgan fingerprint density at radius 1 is 0.969 bits per heavy atom. The molecule has 0 amide bonds. The number of methoxy groups -OCH3 is 1. The maximum atomic E-state index is 11.3. The number of phenols is 1. The van der Waals surface area contributed by atoms with E-state index in [0.29, 0.717) is 30.1 Å². The predicted molar refractivity (Wildman–Crippen MR) is 127 cm³/mol. The van der Waals surface area contributed by atoms with E-state index in [-0.39, 0.29) is 11.7 Å². The molecule has 0 aromatic heterocycles. The van der Waals surface area contributed by atoms with E-state index in [0.717, 1.165) is 50.0 Å². The molecule has 0 aliphatic heterocycles. The van der Waals surface area contributed by atoms with Gasteiger partial charge in [-0.3, -0.25) is 4.99 Å². The first-order chi connectivity index (χ1) is 15.5. The SMILES string of the molecule is C=C(C)C(=O)OCCCCCCCCOc1ccc(N=Cc2ccc(OC)cc2O)cc1. The zero-order chi connectivity index (χ0) is 23.2. The molecule has 6 nitrogen and oxygen atoms in total. The summed E-state index contributed by atoms with van der Waals surface area (Å²) in [4.78, 5) is 15.6. The molecule has 1 N–H and O–H groups in total. The van der Waals surface area contributed by atoms with Gasteiger partial charge >= 0.3 is 5.97 Å². The lowest BCUT2D eigenvalue weighted by molar-refractivity contribution is -0.139. The van der Waals surface area contributed by atoms with Gasteiger partial charge in [0.15, 0.2) is 0 Å². The van der Waals surface area contributed by atoms with E-state index in [1.54, 1.807) is 38.4 Å². The van der Waals surface area contributed by atoms with E-state index in [4.69, 9.17) is 14.2 Å². The normalized spacial score (nSPS) is 10.8. The summed E-state index contributed by atoms with van der Waals surface area (Å²) in [6, 6.07) is 12.6. The maximum Gasteiger partial charge on any atom is 0.333 e. The molecular formula is C26H33NO5. The van der Waals surface area contributed by atoms with Gasteiger partial charge in [0.05, 0.1) is 26.0 Å². The lowest BCUT2D eigenvalue weighted by Gasteiger charge is -2.07. The van der Waals surface area contributed by atoms with E-state index in [9.17, 15) is 9.90 Å². The van der Waals surface area contributed by atoms with Gasteiger partial charge < -0.3 is 19.3 Å². The van der Waals surface area contributed by atoms with Gasteiger partial charge in [0, 0.05) is 23.4 Å². The van der Waals surface area contributed by atoms with Crippen molar-refractivity contribution in [3.63, 3.8) is 0 Å². The van der Waals surface area contributed by atoms with E-state index in [2.05, 4.69) is 11.6 Å². The number of rotatable bonds is 14. The molecule has 32 heavy (non-hydrogen) atoms. The topological polar surface area (TPSA) is 77.4 Å². The van der Waals surface area contributed by atoms with Crippen LogP contribution in [0.5, 0.6) is 17.2 Å². The minimum absolute atomic E-state index is 0.124. The molecule has 0 fully saturated rings. The van der Waals surface area contributed by atoms with Gasteiger partial charge in [-0.05, 0) is 56.2 Å². The van der Waals surface area contributed by atoms with Crippen LogP contribution in [0.4, 0.5) is 5.69 Å². The highest BCUT2D eigenvalue weighted by Gasteiger charge is 2.02. The van der Waals surface area contributed by atoms with Crippen molar-refractivity contribution in [2.75, 3.05) is 20.3 Å². The van der Waals surface area contributed by atoms with Gasteiger partial charge in [0.25, 0.3) is 0 Å². The Balaban J connectivity index is 1.58. The van der Waals surface area contributed by atoms with Crippen LogP contribution in [0.2, 0.25) is 0 Å². The molecule has 0 radical (unpaired) electrons. The average Bonchev–Trinajstić information content (AvgIpc) is 2.79. The number of benzene rings is 2. The van der Waals surface area contributed by atoms with Crippen LogP contribution in [0.15, 0.2) is 59.6 Å². The molecule has 0 saturated carbocycles. The molecule has 0 bridgehead atoms. The summed E-state index contributed by atoms with van der Waals surface area (Å²) >= 11 is 0. The number of aliphatic imine (C=N–C) groups is 1. The van der Waals surface area contributed by atoms with E-state index in [1.807, 2.05) is 24.3 Å². The predicted octanol–water partition coefficient (Wildman–Crippen LogP) is 5.99. The summed E-state index contributed by atoms with van der Waals surface area (Å²) in [7, 11) is 1.56. The lowest BCUT2D eigenvalue weighted by Crippen LogP contribution is -2.06. The number of unbranched alkanes of at least 4 members (excludes halogenated alkanes) is 5. The van der Waals surface area contributed by atoms with Crippen molar-refractivity contribution >= 4 is 17.9 Å². The number of hydrogen-bond donors (Lipinski definition) is 1. The van der Waals surface area contributed by atoms with Gasteiger partial charge in [-0.2, -0.15) is 0 Å². The van der Waals surface area contributed by atoms with Crippen LogP contribution in [-0.4, -0.2) is 37.6 Å². The van der Waals surface area contributed by atoms with Gasteiger partial charge in [0.2, 0.25) is 0 Å². The molecule has 0 atom stereocenters. The highest BCUT2D eigenvalue weighted by atomic mass is 16.5. The largest absolute Gasteiger partial charge is 0.507 e. The van der Waals surface area contributed by atoms with Crippen molar-refractivity contribution in [3.05, 3.63) is 60.2 Å². The molecule has 0 saturated heterocycles. The standard InChI is InChI=1S/C26H33NO5/c1-20(2)26(29)32-17-9-7-5-4-6-8-16-31-23-14-11-22(12-15-23)27-19-21-10-13-24(30-3)18-25(21)28/h10-15,18-19,28H,1,4-9,16-17H2,2-3H3. The molecule has 2 aromatic rings. The number of carbonyl (C=O) groups excluding carboxylic acids is 1. The maximum absolute atomic E-state index is 11.3.